The first-order chi connectivity index (χ1) is 4.33. The van der Waals surface area contributed by atoms with E-state index >= 15 is 0 Å². The topological polar surface area (TPSA) is 49.8 Å². The summed E-state index contributed by atoms with van der Waals surface area (Å²) in [5, 5.41) is 20.0. The zero-order chi connectivity index (χ0) is 6.69. The Bertz CT molecular complexity index is 87.0. The summed E-state index contributed by atoms with van der Waals surface area (Å²) < 4.78 is 0. The highest BCUT2D eigenvalue weighted by atomic mass is 16.5. The molecule has 9 heavy (non-hydrogen) atoms. The number of β-amino-alcohol motifs (C(OH)–C–C–N with tert-alkyl or cyclic N) is 1. The maximum atomic E-state index is 10.5. The largest absolute Gasteiger partial charge is 0.784 e. The van der Waals surface area contributed by atoms with E-state index in [1.54, 1.807) is 0 Å². The molecule has 54 valence electrons. The van der Waals surface area contributed by atoms with Gasteiger partial charge in [0.25, 0.3) is 0 Å². The molecule has 1 aliphatic heterocycles. The van der Waals surface area contributed by atoms with E-state index in [1.807, 2.05) is 4.90 Å². The fourth-order valence-electron chi connectivity index (χ4n) is 0.941. The van der Waals surface area contributed by atoms with Gasteiger partial charge in [-0.1, -0.05) is 0 Å². The Balaban J connectivity index is 2.14. The Morgan fingerprint density at radius 1 is 1.44 bits per heavy atom. The lowest BCUT2D eigenvalue weighted by Crippen LogP contribution is -2.25. The van der Waals surface area contributed by atoms with Gasteiger partial charge >= 0.3 is 0 Å². The minimum atomic E-state index is 0.147. The SMILES string of the molecule is [O-]N1CCN(CCO)C1. The molecular weight excluding hydrogens is 120 g/mol. The highest BCUT2D eigenvalue weighted by Gasteiger charge is 2.10. The van der Waals surface area contributed by atoms with Crippen LogP contribution in [0.25, 0.3) is 0 Å². The first kappa shape index (κ1) is 6.95. The average Bonchev–Trinajstić information content (AvgIpc) is 2.17. The molecule has 0 saturated carbocycles. The second-order valence-corrected chi connectivity index (χ2v) is 2.19. The third-order valence-corrected chi connectivity index (χ3v) is 1.44. The molecule has 0 aromatic carbocycles. The minimum Gasteiger partial charge on any atom is -0.784 e. The van der Waals surface area contributed by atoms with Gasteiger partial charge in [-0.2, -0.15) is 0 Å². The van der Waals surface area contributed by atoms with Crippen molar-refractivity contribution in [3.63, 3.8) is 0 Å². The second kappa shape index (κ2) is 3.12. The van der Waals surface area contributed by atoms with Crippen LogP contribution in [0.2, 0.25) is 0 Å². The third kappa shape index (κ3) is 1.91. The first-order valence-electron chi connectivity index (χ1n) is 3.08. The van der Waals surface area contributed by atoms with Crippen molar-refractivity contribution in [2.45, 2.75) is 0 Å². The number of hydroxylamine groups is 2. The molecule has 4 nitrogen and oxygen atoms in total. The summed E-state index contributed by atoms with van der Waals surface area (Å²) in [6, 6.07) is 0. The van der Waals surface area contributed by atoms with E-state index in [4.69, 9.17) is 5.11 Å². The van der Waals surface area contributed by atoms with Gasteiger partial charge in [0.1, 0.15) is 0 Å². The molecule has 0 amide bonds. The smallest absolute Gasteiger partial charge is 0.0558 e. The van der Waals surface area contributed by atoms with Gasteiger partial charge in [0.2, 0.25) is 0 Å². The third-order valence-electron chi connectivity index (χ3n) is 1.44. The average molecular weight is 131 g/mol. The lowest BCUT2D eigenvalue weighted by molar-refractivity contribution is 0.207. The second-order valence-electron chi connectivity index (χ2n) is 2.19. The van der Waals surface area contributed by atoms with E-state index in [1.165, 1.54) is 0 Å². The van der Waals surface area contributed by atoms with Crippen molar-refractivity contribution in [2.24, 2.45) is 0 Å². The summed E-state index contributed by atoms with van der Waals surface area (Å²) in [5.41, 5.74) is 0. The standard InChI is InChI=1S/C5H11N2O2/c8-4-3-6-1-2-7(9)5-6/h8H,1-5H2/q-1. The predicted octanol–water partition coefficient (Wildman–Crippen LogP) is -0.948. The van der Waals surface area contributed by atoms with E-state index in [0.29, 0.717) is 19.8 Å². The quantitative estimate of drug-likeness (QED) is 0.525. The van der Waals surface area contributed by atoms with Crippen LogP contribution in [0.3, 0.4) is 0 Å². The van der Waals surface area contributed by atoms with Crippen molar-refractivity contribution >= 4 is 0 Å². The maximum Gasteiger partial charge on any atom is 0.0558 e. The van der Waals surface area contributed by atoms with Crippen LogP contribution in [-0.2, 0) is 0 Å². The van der Waals surface area contributed by atoms with Gasteiger partial charge < -0.3 is 15.4 Å². The summed E-state index contributed by atoms with van der Waals surface area (Å²) in [4.78, 5) is 1.92. The van der Waals surface area contributed by atoms with Gasteiger partial charge in [-0.05, 0) is 6.54 Å². The predicted molar refractivity (Wildman–Crippen MR) is 33.6 cm³/mol. The Morgan fingerprint density at radius 2 is 2.22 bits per heavy atom. The van der Waals surface area contributed by atoms with Crippen LogP contribution in [0.15, 0.2) is 0 Å². The molecule has 0 aliphatic carbocycles. The molecule has 0 unspecified atom stereocenters. The number of nitrogens with zero attached hydrogens (tertiary/aromatic N) is 2. The van der Waals surface area contributed by atoms with Crippen LogP contribution < -0.4 is 0 Å². The van der Waals surface area contributed by atoms with E-state index in [0.717, 1.165) is 11.6 Å². The molecule has 1 heterocycles. The number of aliphatic hydroxyl groups is 1. The molecule has 4 heteroatoms. The van der Waals surface area contributed by atoms with Gasteiger partial charge in [0.15, 0.2) is 0 Å². The first-order valence-corrected chi connectivity index (χ1v) is 3.08. The Labute approximate surface area is 54.3 Å². The van der Waals surface area contributed by atoms with E-state index in [-0.39, 0.29) is 6.61 Å². The van der Waals surface area contributed by atoms with E-state index in [9.17, 15) is 5.21 Å². The molecule has 0 aromatic heterocycles. The minimum absolute atomic E-state index is 0.147. The summed E-state index contributed by atoms with van der Waals surface area (Å²) in [7, 11) is 0. The van der Waals surface area contributed by atoms with E-state index < -0.39 is 0 Å². The van der Waals surface area contributed by atoms with Crippen LogP contribution in [-0.4, -0.2) is 48.0 Å². The van der Waals surface area contributed by atoms with Crippen molar-refractivity contribution in [3.05, 3.63) is 5.21 Å². The molecule has 0 bridgehead atoms. The molecule has 1 rings (SSSR count). The summed E-state index contributed by atoms with van der Waals surface area (Å²) >= 11 is 0. The van der Waals surface area contributed by atoms with Gasteiger partial charge in [-0.25, -0.2) is 0 Å². The number of hydrogen-bond acceptors (Lipinski definition) is 4. The molecule has 1 N–H and O–H groups in total. The Kier molecular flexibility index (Phi) is 2.41. The number of hydrogen-bond donors (Lipinski definition) is 1. The highest BCUT2D eigenvalue weighted by Crippen LogP contribution is 2.00. The molecule has 1 aliphatic rings. The van der Waals surface area contributed by atoms with Gasteiger partial charge in [0.05, 0.1) is 6.61 Å². The van der Waals surface area contributed by atoms with Crippen molar-refractivity contribution in [3.8, 4) is 0 Å². The monoisotopic (exact) mass is 131 g/mol. The molecule has 0 aromatic rings. The normalized spacial score (nSPS) is 23.3. The van der Waals surface area contributed by atoms with Crippen molar-refractivity contribution < 1.29 is 5.11 Å². The zero-order valence-corrected chi connectivity index (χ0v) is 5.29. The Hall–Kier alpha value is -0.160. The number of rotatable bonds is 2. The summed E-state index contributed by atoms with van der Waals surface area (Å²) in [5.74, 6) is 0. The highest BCUT2D eigenvalue weighted by molar-refractivity contribution is 4.69. The molecule has 0 atom stereocenters. The molecule has 1 saturated heterocycles. The summed E-state index contributed by atoms with van der Waals surface area (Å²) in [6.07, 6.45) is 0. The van der Waals surface area contributed by atoms with Crippen LogP contribution in [0.4, 0.5) is 0 Å². The molecule has 1 fully saturated rings. The van der Waals surface area contributed by atoms with Gasteiger partial charge in [-0.3, -0.25) is 4.90 Å². The van der Waals surface area contributed by atoms with Crippen LogP contribution in [0.5, 0.6) is 0 Å². The fourth-order valence-corrected chi connectivity index (χ4v) is 0.941. The van der Waals surface area contributed by atoms with Gasteiger partial charge in [-0.15, -0.1) is 0 Å². The fraction of sp³-hybridized carbons (Fsp3) is 1.00. The number of aliphatic hydroxyl groups excluding tert-OH is 1. The molecule has 0 spiro atoms. The molecule has 0 radical (unpaired) electrons. The van der Waals surface area contributed by atoms with Gasteiger partial charge in [0, 0.05) is 19.8 Å². The Morgan fingerprint density at radius 3 is 2.67 bits per heavy atom. The van der Waals surface area contributed by atoms with Crippen LogP contribution >= 0.6 is 0 Å². The van der Waals surface area contributed by atoms with E-state index in [2.05, 4.69) is 0 Å². The van der Waals surface area contributed by atoms with Crippen molar-refractivity contribution in [1.29, 1.82) is 0 Å². The lowest BCUT2D eigenvalue weighted by Gasteiger charge is -2.21. The van der Waals surface area contributed by atoms with Crippen molar-refractivity contribution in [1.82, 2.24) is 9.96 Å². The zero-order valence-electron chi connectivity index (χ0n) is 5.29. The van der Waals surface area contributed by atoms with Crippen LogP contribution in [0, 0.1) is 5.21 Å². The van der Waals surface area contributed by atoms with Crippen LogP contribution in [0.1, 0.15) is 0 Å². The lowest BCUT2D eigenvalue weighted by atomic mass is 10.5. The van der Waals surface area contributed by atoms with Crippen molar-refractivity contribution in [2.75, 3.05) is 32.9 Å². The molecular formula is C5H11N2O2-. The summed E-state index contributed by atoms with van der Waals surface area (Å²) in [6.45, 7) is 2.61. The maximum absolute atomic E-state index is 10.5.